The molecule has 0 aliphatic rings. The van der Waals surface area contributed by atoms with Crippen molar-refractivity contribution in [2.24, 2.45) is 0 Å². The topological polar surface area (TPSA) is 22.1 Å². The van der Waals surface area contributed by atoms with Gasteiger partial charge in [0.05, 0.1) is 12.3 Å². The van der Waals surface area contributed by atoms with Gasteiger partial charge in [0.2, 0.25) is 5.88 Å². The zero-order valence-electron chi connectivity index (χ0n) is 9.60. The molecule has 0 spiro atoms. The largest absolute Gasteiger partial charge is 0.478 e. The van der Waals surface area contributed by atoms with Crippen LogP contribution in [0.15, 0.2) is 42.5 Å². The molecule has 16 heavy (non-hydrogen) atoms. The molecule has 0 saturated carbocycles. The highest BCUT2D eigenvalue weighted by Crippen LogP contribution is 2.21. The molecule has 1 aromatic carbocycles. The number of pyridine rings is 1. The molecule has 0 bridgehead atoms. The third kappa shape index (κ3) is 2.40. The fourth-order valence-electron chi connectivity index (χ4n) is 1.61. The Morgan fingerprint density at radius 2 is 1.88 bits per heavy atom. The monoisotopic (exact) mass is 213 g/mol. The van der Waals surface area contributed by atoms with Crippen molar-refractivity contribution in [2.75, 3.05) is 6.61 Å². The Balaban J connectivity index is 2.41. The zero-order valence-corrected chi connectivity index (χ0v) is 9.60. The molecule has 0 unspecified atom stereocenters. The summed E-state index contributed by atoms with van der Waals surface area (Å²) in [5.41, 5.74) is 3.24. The second kappa shape index (κ2) is 4.79. The maximum atomic E-state index is 5.44. The maximum Gasteiger partial charge on any atom is 0.214 e. The van der Waals surface area contributed by atoms with Crippen LogP contribution in [0.2, 0.25) is 0 Å². The van der Waals surface area contributed by atoms with Gasteiger partial charge in [0.15, 0.2) is 0 Å². The predicted octanol–water partition coefficient (Wildman–Crippen LogP) is 3.46. The highest BCUT2D eigenvalue weighted by Gasteiger charge is 2.02. The fourth-order valence-corrected chi connectivity index (χ4v) is 1.61. The van der Waals surface area contributed by atoms with Crippen molar-refractivity contribution < 1.29 is 4.74 Å². The van der Waals surface area contributed by atoms with E-state index in [0.717, 1.165) is 16.8 Å². The first kappa shape index (κ1) is 10.7. The van der Waals surface area contributed by atoms with Gasteiger partial charge in [-0.1, -0.05) is 30.3 Å². The summed E-state index contributed by atoms with van der Waals surface area (Å²) in [6.07, 6.45) is 0. The van der Waals surface area contributed by atoms with Gasteiger partial charge >= 0.3 is 0 Å². The molecule has 0 N–H and O–H groups in total. The number of hydrogen-bond donors (Lipinski definition) is 0. The van der Waals surface area contributed by atoms with Gasteiger partial charge in [0, 0.05) is 11.6 Å². The quantitative estimate of drug-likeness (QED) is 0.779. The Morgan fingerprint density at radius 3 is 2.56 bits per heavy atom. The summed E-state index contributed by atoms with van der Waals surface area (Å²) < 4.78 is 5.44. The van der Waals surface area contributed by atoms with Crippen molar-refractivity contribution in [3.63, 3.8) is 0 Å². The number of aryl methyl sites for hydroxylation is 1. The van der Waals surface area contributed by atoms with Crippen LogP contribution in [0.3, 0.4) is 0 Å². The Morgan fingerprint density at radius 1 is 1.12 bits per heavy atom. The molecule has 1 aromatic heterocycles. The molecule has 82 valence electrons. The fraction of sp³-hybridized carbons (Fsp3) is 0.214. The molecule has 0 fully saturated rings. The summed E-state index contributed by atoms with van der Waals surface area (Å²) in [7, 11) is 0. The molecular weight excluding hydrogens is 198 g/mol. The zero-order chi connectivity index (χ0) is 11.4. The third-order valence-corrected chi connectivity index (χ3v) is 2.31. The summed E-state index contributed by atoms with van der Waals surface area (Å²) in [5.74, 6) is 0.696. The number of ether oxygens (including phenoxy) is 1. The van der Waals surface area contributed by atoms with Crippen LogP contribution in [0.1, 0.15) is 12.5 Å². The molecule has 0 amide bonds. The lowest BCUT2D eigenvalue weighted by atomic mass is 10.1. The molecule has 0 aliphatic carbocycles. The highest BCUT2D eigenvalue weighted by atomic mass is 16.5. The first-order valence-electron chi connectivity index (χ1n) is 5.46. The Kier molecular flexibility index (Phi) is 3.20. The molecule has 0 radical (unpaired) electrons. The Bertz CT molecular complexity index is 465. The van der Waals surface area contributed by atoms with Gasteiger partial charge in [-0.3, -0.25) is 0 Å². The molecule has 2 nitrogen and oxygen atoms in total. The predicted molar refractivity (Wildman–Crippen MR) is 65.6 cm³/mol. The first-order chi connectivity index (χ1) is 7.79. The number of rotatable bonds is 3. The summed E-state index contributed by atoms with van der Waals surface area (Å²) >= 11 is 0. The molecule has 0 atom stereocenters. The Hall–Kier alpha value is -1.83. The van der Waals surface area contributed by atoms with Crippen molar-refractivity contribution >= 4 is 0 Å². The molecule has 2 heteroatoms. The molecule has 0 aliphatic heterocycles. The standard InChI is InChI=1S/C14H15NO/c1-3-16-14-10-11(2)9-13(15-14)12-7-5-4-6-8-12/h4-10H,3H2,1-2H3. The lowest BCUT2D eigenvalue weighted by Crippen LogP contribution is -1.96. The van der Waals surface area contributed by atoms with Gasteiger partial charge in [-0.2, -0.15) is 0 Å². The van der Waals surface area contributed by atoms with Gasteiger partial charge in [-0.05, 0) is 25.5 Å². The molecule has 2 aromatic rings. The second-order valence-electron chi connectivity index (χ2n) is 3.67. The average molecular weight is 213 g/mol. The van der Waals surface area contributed by atoms with E-state index in [4.69, 9.17) is 4.74 Å². The van der Waals surface area contributed by atoms with Crippen LogP contribution in [0, 0.1) is 6.92 Å². The number of nitrogens with zero attached hydrogens (tertiary/aromatic N) is 1. The van der Waals surface area contributed by atoms with Crippen LogP contribution in [0.5, 0.6) is 5.88 Å². The van der Waals surface area contributed by atoms with Gasteiger partial charge < -0.3 is 4.74 Å². The van der Waals surface area contributed by atoms with E-state index in [0.29, 0.717) is 12.5 Å². The van der Waals surface area contributed by atoms with Crippen LogP contribution in [0.25, 0.3) is 11.3 Å². The third-order valence-electron chi connectivity index (χ3n) is 2.31. The Labute approximate surface area is 95.9 Å². The maximum absolute atomic E-state index is 5.44. The van der Waals surface area contributed by atoms with Crippen LogP contribution in [0.4, 0.5) is 0 Å². The van der Waals surface area contributed by atoms with Crippen LogP contribution in [-0.4, -0.2) is 11.6 Å². The number of hydrogen-bond acceptors (Lipinski definition) is 2. The van der Waals surface area contributed by atoms with E-state index in [1.807, 2.05) is 31.2 Å². The van der Waals surface area contributed by atoms with Crippen LogP contribution >= 0.6 is 0 Å². The van der Waals surface area contributed by atoms with Gasteiger partial charge in [-0.25, -0.2) is 4.98 Å². The molecule has 0 saturated heterocycles. The van der Waals surface area contributed by atoms with E-state index in [-0.39, 0.29) is 0 Å². The number of aromatic nitrogens is 1. The summed E-state index contributed by atoms with van der Waals surface area (Å²) in [6, 6.07) is 14.2. The smallest absolute Gasteiger partial charge is 0.214 e. The SMILES string of the molecule is CCOc1cc(C)cc(-c2ccccc2)n1. The van der Waals surface area contributed by atoms with Crippen LogP contribution in [-0.2, 0) is 0 Å². The van der Waals surface area contributed by atoms with Crippen LogP contribution < -0.4 is 4.74 Å². The van der Waals surface area contributed by atoms with Gasteiger partial charge in [-0.15, -0.1) is 0 Å². The minimum Gasteiger partial charge on any atom is -0.478 e. The summed E-state index contributed by atoms with van der Waals surface area (Å²) in [4.78, 5) is 4.47. The van der Waals surface area contributed by atoms with E-state index in [1.54, 1.807) is 0 Å². The lowest BCUT2D eigenvalue weighted by Gasteiger charge is -2.07. The summed E-state index contributed by atoms with van der Waals surface area (Å²) in [6.45, 7) is 4.66. The second-order valence-corrected chi connectivity index (χ2v) is 3.67. The summed E-state index contributed by atoms with van der Waals surface area (Å²) in [5, 5.41) is 0. The van der Waals surface area contributed by atoms with E-state index < -0.39 is 0 Å². The van der Waals surface area contributed by atoms with E-state index >= 15 is 0 Å². The van der Waals surface area contributed by atoms with Crippen molar-refractivity contribution in [2.45, 2.75) is 13.8 Å². The molecule has 1 heterocycles. The van der Waals surface area contributed by atoms with Gasteiger partial charge in [0.25, 0.3) is 0 Å². The van der Waals surface area contributed by atoms with E-state index in [1.165, 1.54) is 0 Å². The molecule has 2 rings (SSSR count). The van der Waals surface area contributed by atoms with Crippen molar-refractivity contribution in [1.29, 1.82) is 0 Å². The first-order valence-corrected chi connectivity index (χ1v) is 5.46. The minimum absolute atomic E-state index is 0.644. The molecular formula is C14H15NO. The minimum atomic E-state index is 0.644. The van der Waals surface area contributed by atoms with Gasteiger partial charge in [0.1, 0.15) is 0 Å². The van der Waals surface area contributed by atoms with Crippen molar-refractivity contribution in [1.82, 2.24) is 4.98 Å². The average Bonchev–Trinajstić information content (AvgIpc) is 2.30. The number of benzene rings is 1. The normalized spacial score (nSPS) is 10.1. The highest BCUT2D eigenvalue weighted by molar-refractivity contribution is 5.60. The lowest BCUT2D eigenvalue weighted by molar-refractivity contribution is 0.327. The van der Waals surface area contributed by atoms with Crippen molar-refractivity contribution in [3.8, 4) is 17.1 Å². The van der Waals surface area contributed by atoms with Crippen molar-refractivity contribution in [3.05, 3.63) is 48.0 Å². The van der Waals surface area contributed by atoms with E-state index in [9.17, 15) is 0 Å². The van der Waals surface area contributed by atoms with E-state index in [2.05, 4.69) is 30.1 Å².